The van der Waals surface area contributed by atoms with Gasteiger partial charge in [0.15, 0.2) is 0 Å². The number of hydrogen-bond donors (Lipinski definition) is 1. The first-order chi connectivity index (χ1) is 10.5. The molecule has 1 heterocycles. The van der Waals surface area contributed by atoms with Gasteiger partial charge in [0.1, 0.15) is 6.54 Å². The van der Waals surface area contributed by atoms with Crippen LogP contribution in [-0.2, 0) is 16.0 Å². The summed E-state index contributed by atoms with van der Waals surface area (Å²) in [6, 6.07) is 13.3. The Labute approximate surface area is 132 Å². The highest BCUT2D eigenvalue weighted by atomic mass is 35.5. The summed E-state index contributed by atoms with van der Waals surface area (Å²) in [5.41, 5.74) is 3.75. The van der Waals surface area contributed by atoms with E-state index in [2.05, 4.69) is 0 Å². The zero-order valence-corrected chi connectivity index (χ0v) is 12.5. The van der Waals surface area contributed by atoms with Gasteiger partial charge in [0, 0.05) is 17.1 Å². The van der Waals surface area contributed by atoms with Crippen LogP contribution in [0.4, 0.5) is 5.69 Å². The van der Waals surface area contributed by atoms with Gasteiger partial charge in [-0.2, -0.15) is 0 Å². The number of amides is 1. The first-order valence-electron chi connectivity index (χ1n) is 6.95. The molecule has 1 amide bonds. The highest BCUT2D eigenvalue weighted by Crippen LogP contribution is 2.32. The first kappa shape index (κ1) is 14.6. The second kappa shape index (κ2) is 5.81. The van der Waals surface area contributed by atoms with Crippen molar-refractivity contribution in [1.29, 1.82) is 0 Å². The van der Waals surface area contributed by atoms with E-state index in [0.29, 0.717) is 23.6 Å². The van der Waals surface area contributed by atoms with Gasteiger partial charge in [0.05, 0.1) is 0 Å². The van der Waals surface area contributed by atoms with Crippen molar-refractivity contribution in [2.24, 2.45) is 0 Å². The van der Waals surface area contributed by atoms with Crippen LogP contribution in [0.15, 0.2) is 42.5 Å². The summed E-state index contributed by atoms with van der Waals surface area (Å²) in [4.78, 5) is 24.2. The number of aliphatic carboxylic acids is 1. The Morgan fingerprint density at radius 3 is 2.45 bits per heavy atom. The number of hydrogen-bond acceptors (Lipinski definition) is 2. The van der Waals surface area contributed by atoms with E-state index in [1.807, 2.05) is 42.5 Å². The third-order valence-corrected chi connectivity index (χ3v) is 4.00. The van der Waals surface area contributed by atoms with Gasteiger partial charge in [-0.25, -0.2) is 0 Å². The number of rotatable bonds is 3. The molecule has 0 fully saturated rings. The lowest BCUT2D eigenvalue weighted by molar-refractivity contribution is -0.136. The van der Waals surface area contributed by atoms with E-state index < -0.39 is 5.97 Å². The van der Waals surface area contributed by atoms with Crippen LogP contribution >= 0.6 is 11.6 Å². The molecule has 0 unspecified atom stereocenters. The molecule has 0 saturated carbocycles. The lowest BCUT2D eigenvalue weighted by Crippen LogP contribution is -2.38. The highest BCUT2D eigenvalue weighted by Gasteiger charge is 2.26. The Hall–Kier alpha value is -2.33. The first-order valence-corrected chi connectivity index (χ1v) is 7.33. The number of aryl methyl sites for hydroxylation is 1. The van der Waals surface area contributed by atoms with Crippen molar-refractivity contribution < 1.29 is 14.7 Å². The number of fused-ring (bicyclic) bond motifs is 1. The Bertz CT molecular complexity index is 740. The number of carbonyl (C=O) groups is 2. The van der Waals surface area contributed by atoms with Gasteiger partial charge in [-0.1, -0.05) is 29.8 Å². The Kier molecular flexibility index (Phi) is 3.86. The van der Waals surface area contributed by atoms with Crippen molar-refractivity contribution in [3.05, 3.63) is 53.1 Å². The molecule has 2 aromatic carbocycles. The summed E-state index contributed by atoms with van der Waals surface area (Å²) in [7, 11) is 0. The minimum absolute atomic E-state index is 0.144. The predicted molar refractivity (Wildman–Crippen MR) is 85.2 cm³/mol. The van der Waals surface area contributed by atoms with Crippen molar-refractivity contribution in [2.45, 2.75) is 12.8 Å². The molecule has 1 aliphatic heterocycles. The van der Waals surface area contributed by atoms with Crippen LogP contribution < -0.4 is 4.90 Å². The van der Waals surface area contributed by atoms with Gasteiger partial charge < -0.3 is 10.0 Å². The van der Waals surface area contributed by atoms with Crippen LogP contribution in [0.5, 0.6) is 0 Å². The Balaban J connectivity index is 1.98. The molecule has 0 radical (unpaired) electrons. The molecule has 0 aromatic heterocycles. The van der Waals surface area contributed by atoms with E-state index in [0.717, 1.165) is 16.7 Å². The van der Waals surface area contributed by atoms with Crippen molar-refractivity contribution in [3.8, 4) is 11.1 Å². The maximum Gasteiger partial charge on any atom is 0.323 e. The zero-order chi connectivity index (χ0) is 15.7. The fraction of sp³-hybridized carbons (Fsp3) is 0.176. The molecule has 0 atom stereocenters. The van der Waals surface area contributed by atoms with E-state index in [1.165, 1.54) is 4.90 Å². The third-order valence-electron chi connectivity index (χ3n) is 3.75. The quantitative estimate of drug-likeness (QED) is 0.944. The van der Waals surface area contributed by atoms with Crippen molar-refractivity contribution in [3.63, 3.8) is 0 Å². The normalized spacial score (nSPS) is 13.9. The van der Waals surface area contributed by atoms with E-state index in [-0.39, 0.29) is 12.5 Å². The van der Waals surface area contributed by atoms with Crippen LogP contribution in [-0.4, -0.2) is 23.5 Å². The monoisotopic (exact) mass is 315 g/mol. The number of carboxylic acids is 1. The molecule has 112 valence electrons. The molecule has 3 rings (SSSR count). The van der Waals surface area contributed by atoms with Gasteiger partial charge in [-0.3, -0.25) is 9.59 Å². The minimum Gasteiger partial charge on any atom is -0.480 e. The molecule has 0 aliphatic carbocycles. The maximum absolute atomic E-state index is 11.9. The molecule has 4 nitrogen and oxygen atoms in total. The van der Waals surface area contributed by atoms with Gasteiger partial charge >= 0.3 is 5.97 Å². The summed E-state index contributed by atoms with van der Waals surface area (Å²) < 4.78 is 0. The van der Waals surface area contributed by atoms with Crippen molar-refractivity contribution in [1.82, 2.24) is 0 Å². The van der Waals surface area contributed by atoms with Gasteiger partial charge in [0.25, 0.3) is 0 Å². The summed E-state index contributed by atoms with van der Waals surface area (Å²) in [5.74, 6) is -1.16. The summed E-state index contributed by atoms with van der Waals surface area (Å²) in [5, 5.41) is 9.64. The number of carbonyl (C=O) groups excluding carboxylic acids is 1. The molecule has 0 saturated heterocycles. The summed E-state index contributed by atoms with van der Waals surface area (Å²) in [6.45, 7) is -0.299. The second-order valence-corrected chi connectivity index (χ2v) is 5.66. The highest BCUT2D eigenvalue weighted by molar-refractivity contribution is 6.30. The molecular weight excluding hydrogens is 302 g/mol. The summed E-state index contributed by atoms with van der Waals surface area (Å²) in [6.07, 6.45) is 0.968. The predicted octanol–water partition coefficient (Wildman–Crippen LogP) is 3.37. The number of benzene rings is 2. The van der Waals surface area contributed by atoms with Crippen LogP contribution in [0.25, 0.3) is 11.1 Å². The van der Waals surface area contributed by atoms with Crippen LogP contribution in [0.1, 0.15) is 12.0 Å². The van der Waals surface area contributed by atoms with E-state index in [1.54, 1.807) is 0 Å². The van der Waals surface area contributed by atoms with Crippen molar-refractivity contribution >= 4 is 29.2 Å². The fourth-order valence-corrected chi connectivity index (χ4v) is 2.82. The Morgan fingerprint density at radius 2 is 1.77 bits per heavy atom. The number of carboxylic acid groups (broad SMARTS) is 1. The Morgan fingerprint density at radius 1 is 1.09 bits per heavy atom. The van der Waals surface area contributed by atoms with Crippen LogP contribution in [0.3, 0.4) is 0 Å². The average molecular weight is 316 g/mol. The molecule has 0 spiro atoms. The van der Waals surface area contributed by atoms with Gasteiger partial charge in [-0.15, -0.1) is 0 Å². The zero-order valence-electron chi connectivity index (χ0n) is 11.8. The molecule has 1 N–H and O–H groups in total. The van der Waals surface area contributed by atoms with E-state index in [4.69, 9.17) is 16.7 Å². The van der Waals surface area contributed by atoms with E-state index >= 15 is 0 Å². The standard InChI is InChI=1S/C17H14ClNO3/c18-14-5-1-11(2-6-14)12-3-7-15-13(9-12)4-8-16(20)19(15)10-17(21)22/h1-3,5-7,9H,4,8,10H2,(H,21,22). The molecule has 2 aromatic rings. The molecule has 22 heavy (non-hydrogen) atoms. The number of anilines is 1. The number of nitrogens with zero attached hydrogens (tertiary/aromatic N) is 1. The molecule has 1 aliphatic rings. The molecule has 5 heteroatoms. The average Bonchev–Trinajstić information content (AvgIpc) is 2.50. The topological polar surface area (TPSA) is 57.6 Å². The number of halogens is 1. The largest absolute Gasteiger partial charge is 0.480 e. The van der Waals surface area contributed by atoms with Crippen LogP contribution in [0.2, 0.25) is 5.02 Å². The molecule has 0 bridgehead atoms. The lowest BCUT2D eigenvalue weighted by Gasteiger charge is -2.28. The van der Waals surface area contributed by atoms with Gasteiger partial charge in [0.2, 0.25) is 5.91 Å². The summed E-state index contributed by atoms with van der Waals surface area (Å²) >= 11 is 5.90. The van der Waals surface area contributed by atoms with Crippen molar-refractivity contribution in [2.75, 3.05) is 11.4 Å². The van der Waals surface area contributed by atoms with Crippen LogP contribution in [0, 0.1) is 0 Å². The third kappa shape index (κ3) is 2.83. The van der Waals surface area contributed by atoms with Gasteiger partial charge in [-0.05, 0) is 47.4 Å². The minimum atomic E-state index is -1.01. The lowest BCUT2D eigenvalue weighted by atomic mass is 9.96. The molecular formula is C17H14ClNO3. The maximum atomic E-state index is 11.9. The van der Waals surface area contributed by atoms with E-state index in [9.17, 15) is 9.59 Å². The smallest absolute Gasteiger partial charge is 0.323 e. The second-order valence-electron chi connectivity index (χ2n) is 5.22. The fourth-order valence-electron chi connectivity index (χ4n) is 2.69. The SMILES string of the molecule is O=C(O)CN1C(=O)CCc2cc(-c3ccc(Cl)cc3)ccc21.